The molecule has 1 spiro atoms. The molecule has 0 aromatic carbocycles. The van der Waals surface area contributed by atoms with Gasteiger partial charge < -0.3 is 9.47 Å². The molecular formula is C19H24N2O2S. The number of piperidine rings is 1. The molecule has 2 aliphatic heterocycles. The van der Waals surface area contributed by atoms with Crippen LogP contribution in [0.25, 0.3) is 0 Å². The lowest BCUT2D eigenvalue weighted by Crippen LogP contribution is -2.47. The van der Waals surface area contributed by atoms with Gasteiger partial charge in [-0.3, -0.25) is 9.88 Å². The number of rotatable bonds is 5. The number of likely N-dealkylation sites (tertiary alicyclic amines) is 1. The third kappa shape index (κ3) is 3.86. The number of hydrogen-bond donors (Lipinski definition) is 0. The fourth-order valence-corrected chi connectivity index (χ4v) is 4.59. The minimum atomic E-state index is -0.00485. The van der Waals surface area contributed by atoms with Gasteiger partial charge in [-0.05, 0) is 42.5 Å². The van der Waals surface area contributed by atoms with Gasteiger partial charge in [0.15, 0.2) is 0 Å². The largest absolute Gasteiger partial charge is 0.371 e. The van der Waals surface area contributed by atoms with E-state index in [2.05, 4.69) is 33.5 Å². The summed E-state index contributed by atoms with van der Waals surface area (Å²) in [5, 5.41) is 2.16. The molecule has 128 valence electrons. The molecule has 0 radical (unpaired) electrons. The van der Waals surface area contributed by atoms with E-state index in [4.69, 9.17) is 9.47 Å². The van der Waals surface area contributed by atoms with Gasteiger partial charge in [0.1, 0.15) is 0 Å². The molecule has 2 aromatic rings. The molecule has 0 amide bonds. The van der Waals surface area contributed by atoms with Crippen LogP contribution in [0.1, 0.15) is 29.7 Å². The highest BCUT2D eigenvalue weighted by Crippen LogP contribution is 2.36. The zero-order valence-electron chi connectivity index (χ0n) is 13.9. The van der Waals surface area contributed by atoms with E-state index < -0.39 is 0 Å². The van der Waals surface area contributed by atoms with Crippen LogP contribution in [0.2, 0.25) is 0 Å². The first-order valence-electron chi connectivity index (χ1n) is 8.71. The van der Waals surface area contributed by atoms with Gasteiger partial charge in [-0.2, -0.15) is 0 Å². The summed E-state index contributed by atoms with van der Waals surface area (Å²) in [6.07, 6.45) is 7.23. The van der Waals surface area contributed by atoms with Crippen LogP contribution in [0.5, 0.6) is 0 Å². The predicted octanol–water partition coefficient (Wildman–Crippen LogP) is 3.48. The summed E-state index contributed by atoms with van der Waals surface area (Å²) in [5.41, 5.74) is 1.12. The van der Waals surface area contributed by atoms with Crippen LogP contribution in [-0.4, -0.2) is 41.3 Å². The number of hydrogen-bond acceptors (Lipinski definition) is 5. The van der Waals surface area contributed by atoms with Crippen molar-refractivity contribution in [1.82, 2.24) is 9.88 Å². The first-order chi connectivity index (χ1) is 11.8. The van der Waals surface area contributed by atoms with Crippen LogP contribution < -0.4 is 0 Å². The molecule has 2 atom stereocenters. The van der Waals surface area contributed by atoms with E-state index in [1.165, 1.54) is 17.8 Å². The van der Waals surface area contributed by atoms with Crippen molar-refractivity contribution in [3.05, 3.63) is 52.5 Å². The van der Waals surface area contributed by atoms with E-state index in [0.29, 0.717) is 13.2 Å². The monoisotopic (exact) mass is 344 g/mol. The Balaban J connectivity index is 1.31. The van der Waals surface area contributed by atoms with E-state index in [9.17, 15) is 0 Å². The number of aromatic nitrogens is 1. The second kappa shape index (κ2) is 7.31. The van der Waals surface area contributed by atoms with Crippen LogP contribution in [0.4, 0.5) is 0 Å². The van der Waals surface area contributed by atoms with Crippen LogP contribution in [-0.2, 0) is 22.6 Å². The van der Waals surface area contributed by atoms with Gasteiger partial charge in [-0.1, -0.05) is 12.1 Å². The highest BCUT2D eigenvalue weighted by atomic mass is 32.1. The number of nitrogens with zero attached hydrogens (tertiary/aromatic N) is 2. The van der Waals surface area contributed by atoms with Crippen LogP contribution >= 0.6 is 11.3 Å². The van der Waals surface area contributed by atoms with Crippen molar-refractivity contribution in [2.24, 2.45) is 0 Å². The van der Waals surface area contributed by atoms with Gasteiger partial charge in [0, 0.05) is 36.8 Å². The van der Waals surface area contributed by atoms with Crippen molar-refractivity contribution in [1.29, 1.82) is 0 Å². The molecular weight excluding hydrogens is 320 g/mol. The summed E-state index contributed by atoms with van der Waals surface area (Å²) < 4.78 is 12.3. The lowest BCUT2D eigenvalue weighted by atomic mass is 9.89. The van der Waals surface area contributed by atoms with Crippen molar-refractivity contribution >= 4 is 11.3 Å². The van der Waals surface area contributed by atoms with Crippen molar-refractivity contribution in [2.75, 3.05) is 19.7 Å². The Hall–Kier alpha value is -1.27. The number of pyridine rings is 1. The molecule has 2 fully saturated rings. The molecule has 0 aliphatic carbocycles. The molecule has 2 saturated heterocycles. The highest BCUT2D eigenvalue weighted by molar-refractivity contribution is 7.09. The average molecular weight is 344 g/mol. The topological polar surface area (TPSA) is 34.6 Å². The van der Waals surface area contributed by atoms with Gasteiger partial charge >= 0.3 is 0 Å². The maximum atomic E-state index is 6.25. The lowest BCUT2D eigenvalue weighted by Gasteiger charge is -2.39. The maximum absolute atomic E-state index is 6.25. The highest BCUT2D eigenvalue weighted by Gasteiger charge is 2.43. The van der Waals surface area contributed by atoms with Crippen LogP contribution in [0.3, 0.4) is 0 Å². The summed E-state index contributed by atoms with van der Waals surface area (Å²) in [7, 11) is 0. The Morgan fingerprint density at radius 2 is 2.38 bits per heavy atom. The standard InChI is InChI=1S/C19H24N2O2S/c1-4-16(11-20-7-1)13-22-17-10-19(23-14-17)6-3-8-21(15-19)12-18-5-2-9-24-18/h1-2,4-5,7,9,11,17H,3,6,8,10,12-15H2/t17-,19+/m1/s1. The van der Waals surface area contributed by atoms with Gasteiger partial charge in [0.05, 0.1) is 24.9 Å². The fourth-order valence-electron chi connectivity index (χ4n) is 3.84. The summed E-state index contributed by atoms with van der Waals surface area (Å²) in [5.74, 6) is 0. The number of ether oxygens (including phenoxy) is 2. The van der Waals surface area contributed by atoms with Crippen molar-refractivity contribution in [3.8, 4) is 0 Å². The molecule has 0 bridgehead atoms. The molecule has 0 unspecified atom stereocenters. The van der Waals surface area contributed by atoms with Gasteiger partial charge in [0.2, 0.25) is 0 Å². The molecule has 4 rings (SSSR count). The van der Waals surface area contributed by atoms with Gasteiger partial charge in [-0.25, -0.2) is 0 Å². The minimum Gasteiger partial charge on any atom is -0.371 e. The molecule has 0 N–H and O–H groups in total. The first kappa shape index (κ1) is 16.2. The molecule has 0 saturated carbocycles. The average Bonchev–Trinajstić information content (AvgIpc) is 3.25. The fraction of sp³-hybridized carbons (Fsp3) is 0.526. The van der Waals surface area contributed by atoms with Gasteiger partial charge in [0.25, 0.3) is 0 Å². The van der Waals surface area contributed by atoms with Crippen molar-refractivity contribution < 1.29 is 9.47 Å². The predicted molar refractivity (Wildman–Crippen MR) is 94.9 cm³/mol. The van der Waals surface area contributed by atoms with E-state index in [0.717, 1.165) is 31.5 Å². The molecule has 2 aliphatic rings. The molecule has 4 heterocycles. The Kier molecular flexibility index (Phi) is 4.94. The van der Waals surface area contributed by atoms with E-state index in [-0.39, 0.29) is 11.7 Å². The molecule has 4 nitrogen and oxygen atoms in total. The SMILES string of the molecule is c1cncc(CO[C@H]2CO[C@@]3(CCCN(Cc4cccs4)C3)C2)c1. The smallest absolute Gasteiger partial charge is 0.0841 e. The molecule has 2 aromatic heterocycles. The van der Waals surface area contributed by atoms with Crippen molar-refractivity contribution in [3.63, 3.8) is 0 Å². The second-order valence-corrected chi connectivity index (χ2v) is 7.92. The zero-order chi connectivity index (χ0) is 16.2. The van der Waals surface area contributed by atoms with E-state index >= 15 is 0 Å². The van der Waals surface area contributed by atoms with Crippen molar-refractivity contribution in [2.45, 2.75) is 44.1 Å². The zero-order valence-corrected chi connectivity index (χ0v) is 14.7. The summed E-state index contributed by atoms with van der Waals surface area (Å²) >= 11 is 1.84. The van der Waals surface area contributed by atoms with Crippen LogP contribution in [0, 0.1) is 0 Å². The minimum absolute atomic E-state index is 0.00485. The molecule has 24 heavy (non-hydrogen) atoms. The van der Waals surface area contributed by atoms with E-state index in [1.54, 1.807) is 6.20 Å². The Labute approximate surface area is 147 Å². The van der Waals surface area contributed by atoms with Crippen LogP contribution in [0.15, 0.2) is 42.0 Å². The third-order valence-electron chi connectivity index (χ3n) is 4.96. The number of thiophene rings is 1. The van der Waals surface area contributed by atoms with E-state index in [1.807, 2.05) is 23.6 Å². The summed E-state index contributed by atoms with van der Waals surface area (Å²) in [6, 6.07) is 8.37. The normalized spacial score (nSPS) is 27.8. The Bertz CT molecular complexity index is 634. The second-order valence-electron chi connectivity index (χ2n) is 6.89. The molecule has 5 heteroatoms. The van der Waals surface area contributed by atoms with Gasteiger partial charge in [-0.15, -0.1) is 11.3 Å². The Morgan fingerprint density at radius 1 is 1.38 bits per heavy atom. The third-order valence-corrected chi connectivity index (χ3v) is 5.82. The maximum Gasteiger partial charge on any atom is 0.0841 e. The first-order valence-corrected chi connectivity index (χ1v) is 9.59. The summed E-state index contributed by atoms with van der Waals surface area (Å²) in [4.78, 5) is 8.12. The summed E-state index contributed by atoms with van der Waals surface area (Å²) in [6.45, 7) is 4.58. The Morgan fingerprint density at radius 3 is 3.21 bits per heavy atom. The lowest BCUT2D eigenvalue weighted by molar-refractivity contribution is -0.0546. The quantitative estimate of drug-likeness (QED) is 0.832.